The number of hydrogen-bond acceptors (Lipinski definition) is 9. The average molecular weight is 845 g/mol. The van der Waals surface area contributed by atoms with Gasteiger partial charge in [0, 0.05) is 24.1 Å². The van der Waals surface area contributed by atoms with Crippen LogP contribution in [0.5, 0.6) is 5.75 Å². The maximum Gasteiger partial charge on any atom is 0.329 e. The van der Waals surface area contributed by atoms with Gasteiger partial charge in [-0.25, -0.2) is 9.69 Å². The highest BCUT2D eigenvalue weighted by Crippen LogP contribution is 2.66. The van der Waals surface area contributed by atoms with E-state index in [1.165, 1.54) is 6.08 Å². The molecule has 7 atom stereocenters. The van der Waals surface area contributed by atoms with E-state index in [9.17, 15) is 15.0 Å². The summed E-state index contributed by atoms with van der Waals surface area (Å²) >= 11 is 0. The molecule has 12 nitrogen and oxygen atoms in total. The minimum absolute atomic E-state index is 0.00924. The molecule has 5 aromatic rings. The number of anilines is 1. The minimum atomic E-state index is -2.04. The lowest BCUT2D eigenvalue weighted by molar-refractivity contribution is -0.178. The second-order valence-electron chi connectivity index (χ2n) is 15.6. The molecule has 5 aromatic carbocycles. The van der Waals surface area contributed by atoms with Crippen LogP contribution in [-0.2, 0) is 24.5 Å². The van der Waals surface area contributed by atoms with E-state index in [1.54, 1.807) is 42.5 Å². The van der Waals surface area contributed by atoms with E-state index >= 15 is 14.4 Å². The third-order valence-corrected chi connectivity index (χ3v) is 12.0. The Morgan fingerprint density at radius 1 is 0.873 bits per heavy atom. The Hall–Kier alpha value is -7.04. The molecule has 3 aliphatic heterocycles. The van der Waals surface area contributed by atoms with Gasteiger partial charge in [0.1, 0.15) is 29.9 Å². The van der Waals surface area contributed by atoms with Gasteiger partial charge in [0.2, 0.25) is 11.8 Å². The van der Waals surface area contributed by atoms with Gasteiger partial charge in [-0.15, -0.1) is 6.58 Å². The van der Waals surface area contributed by atoms with Crippen LogP contribution in [0.15, 0.2) is 146 Å². The maximum atomic E-state index is 16.4. The smallest absolute Gasteiger partial charge is 0.329 e. The summed E-state index contributed by atoms with van der Waals surface area (Å²) in [5, 5.41) is 25.6. The number of aliphatic hydroxyl groups is 2. The van der Waals surface area contributed by atoms with Crippen LogP contribution in [0.1, 0.15) is 71.0 Å². The summed E-state index contributed by atoms with van der Waals surface area (Å²) < 4.78 is 12.8. The predicted octanol–water partition coefficient (Wildman–Crippen LogP) is 6.23. The van der Waals surface area contributed by atoms with Crippen LogP contribution < -0.4 is 20.3 Å². The highest BCUT2D eigenvalue weighted by molar-refractivity contribution is 6.24. The van der Waals surface area contributed by atoms with Crippen molar-refractivity contribution in [2.75, 3.05) is 31.3 Å². The van der Waals surface area contributed by atoms with Crippen molar-refractivity contribution in [1.82, 2.24) is 15.5 Å². The Morgan fingerprint density at radius 2 is 1.54 bits per heavy atom. The monoisotopic (exact) mass is 844 g/mol. The molecular weight excluding hydrogens is 797 g/mol. The summed E-state index contributed by atoms with van der Waals surface area (Å²) in [6.45, 7) is 5.05. The highest BCUT2D eigenvalue weighted by Gasteiger charge is 2.76. The second-order valence-corrected chi connectivity index (χ2v) is 15.6. The molecule has 320 valence electrons. The third kappa shape index (κ3) is 7.65. The number of para-hydroxylation sites is 1. The van der Waals surface area contributed by atoms with Crippen molar-refractivity contribution in [2.24, 2.45) is 5.92 Å². The van der Waals surface area contributed by atoms with Gasteiger partial charge in [0.15, 0.2) is 0 Å². The normalized spacial score (nSPS) is 22.8. The van der Waals surface area contributed by atoms with E-state index in [4.69, 9.17) is 9.47 Å². The number of imide groups is 1. The van der Waals surface area contributed by atoms with Gasteiger partial charge in [0.05, 0.1) is 42.9 Å². The topological polar surface area (TPSA) is 158 Å². The van der Waals surface area contributed by atoms with Gasteiger partial charge in [-0.1, -0.05) is 127 Å². The molecule has 4 N–H and O–H groups in total. The number of esters is 1. The Bertz CT molecular complexity index is 2560. The molecule has 0 unspecified atom stereocenters. The summed E-state index contributed by atoms with van der Waals surface area (Å²) in [7, 11) is 0. The Morgan fingerprint density at radius 3 is 2.22 bits per heavy atom. The van der Waals surface area contributed by atoms with E-state index in [0.717, 1.165) is 16.0 Å². The average Bonchev–Trinajstić information content (AvgIpc) is 3.77. The number of carbonyl (C=O) groups excluding carboxylic acids is 4. The standard InChI is InChI=1S/C51H48N4O8/c1-3-28-52-47(58)42-44-48(59)63-45(37-22-11-6-12-23-37)43(36-20-9-5-10-21-36)55(44)46(38-24-13-14-25-41(38)62-31-30-57)51(42)39-32-34(17-15-16-29-56)26-27-40(39)54(49(51)60)50(61)53-33(2)35-18-7-4-8-19-35/h3-14,18-27,32-33,42-46,56-57H,1,16,28-31H2,2H3,(H,52,58)(H,53,61)/t33-,42+,43+,44+,45-,46-,51+/m1/s1. The number of hydrogen-bond donors (Lipinski definition) is 4. The highest BCUT2D eigenvalue weighted by atomic mass is 16.6. The molecule has 2 fully saturated rings. The van der Waals surface area contributed by atoms with Crippen molar-refractivity contribution in [3.05, 3.63) is 179 Å². The second kappa shape index (κ2) is 18.5. The SMILES string of the molecule is C=CCNC(=O)[C@@H]1[C@H]2C(=O)O[C@H](c3ccccc3)[C@H](c3ccccc3)N2[C@H](c2ccccc2OCCO)[C@@]12C(=O)N(C(=O)N[C@H](C)c1ccccc1)c1ccc(C#CCCO)cc12. The Balaban J connectivity index is 1.46. The molecular formula is C51H48N4O8. The summed E-state index contributed by atoms with van der Waals surface area (Å²) in [6.07, 6.45) is 0.767. The summed E-state index contributed by atoms with van der Waals surface area (Å²) in [5.41, 5.74) is 1.58. The molecule has 4 amide bonds. The molecule has 0 saturated carbocycles. The zero-order valence-corrected chi connectivity index (χ0v) is 34.7. The lowest BCUT2D eigenvalue weighted by Gasteiger charge is -2.46. The van der Waals surface area contributed by atoms with Crippen LogP contribution >= 0.6 is 0 Å². The van der Waals surface area contributed by atoms with Gasteiger partial charge < -0.3 is 30.3 Å². The van der Waals surface area contributed by atoms with Gasteiger partial charge in [-0.05, 0) is 53.4 Å². The number of rotatable bonds is 12. The van der Waals surface area contributed by atoms with E-state index in [-0.39, 0.29) is 44.0 Å². The van der Waals surface area contributed by atoms with Crippen molar-refractivity contribution in [3.8, 4) is 17.6 Å². The van der Waals surface area contributed by atoms with Crippen LogP contribution in [0.2, 0.25) is 0 Å². The van der Waals surface area contributed by atoms with Crippen LogP contribution in [-0.4, -0.2) is 71.3 Å². The lowest BCUT2D eigenvalue weighted by Crippen LogP contribution is -2.56. The zero-order valence-electron chi connectivity index (χ0n) is 34.7. The quantitative estimate of drug-likeness (QED) is 0.0650. The number of morpholine rings is 1. The third-order valence-electron chi connectivity index (χ3n) is 12.0. The molecule has 0 aromatic heterocycles. The number of carbonyl (C=O) groups is 4. The van der Waals surface area contributed by atoms with E-state index in [2.05, 4.69) is 29.1 Å². The van der Waals surface area contributed by atoms with Crippen molar-refractivity contribution in [2.45, 2.75) is 49.0 Å². The molecule has 0 aliphatic carbocycles. The molecule has 0 radical (unpaired) electrons. The van der Waals surface area contributed by atoms with Crippen LogP contribution in [0.3, 0.4) is 0 Å². The largest absolute Gasteiger partial charge is 0.491 e. The van der Waals surface area contributed by atoms with Gasteiger partial charge in [0.25, 0.3) is 0 Å². The number of ether oxygens (including phenoxy) is 2. The first kappa shape index (κ1) is 42.6. The molecule has 0 bridgehead atoms. The van der Waals surface area contributed by atoms with Gasteiger partial charge in [-0.3, -0.25) is 19.3 Å². The van der Waals surface area contributed by atoms with Gasteiger partial charge in [-0.2, -0.15) is 0 Å². The van der Waals surface area contributed by atoms with Crippen LogP contribution in [0.4, 0.5) is 10.5 Å². The number of fused-ring (bicyclic) bond motifs is 3. The summed E-state index contributed by atoms with van der Waals surface area (Å²) in [5.74, 6) is 2.72. The first-order valence-corrected chi connectivity index (χ1v) is 21.0. The molecule has 3 heterocycles. The maximum absolute atomic E-state index is 16.4. The number of nitrogens with zero attached hydrogens (tertiary/aromatic N) is 2. The fraction of sp³-hybridized carbons (Fsp3) is 0.255. The van der Waals surface area contributed by atoms with E-state index in [0.29, 0.717) is 22.4 Å². The summed E-state index contributed by atoms with van der Waals surface area (Å²) in [6, 6.07) is 35.5. The van der Waals surface area contributed by atoms with Crippen molar-refractivity contribution in [1.29, 1.82) is 0 Å². The molecule has 2 saturated heterocycles. The van der Waals surface area contributed by atoms with Crippen molar-refractivity contribution < 1.29 is 38.9 Å². The fourth-order valence-corrected chi connectivity index (χ4v) is 9.53. The number of cyclic esters (lactones) is 1. The predicted molar refractivity (Wildman–Crippen MR) is 236 cm³/mol. The van der Waals surface area contributed by atoms with Crippen molar-refractivity contribution in [3.63, 3.8) is 0 Å². The number of amides is 4. The zero-order chi connectivity index (χ0) is 44.1. The molecule has 63 heavy (non-hydrogen) atoms. The molecule has 3 aliphatic rings. The first-order valence-electron chi connectivity index (χ1n) is 21.0. The van der Waals surface area contributed by atoms with E-state index in [1.807, 2.05) is 103 Å². The fourth-order valence-electron chi connectivity index (χ4n) is 9.53. The number of aliphatic hydroxyl groups excluding tert-OH is 2. The first-order chi connectivity index (χ1) is 30.8. The molecule has 12 heteroatoms. The molecule has 1 spiro atoms. The van der Waals surface area contributed by atoms with Crippen LogP contribution in [0.25, 0.3) is 0 Å². The summed E-state index contributed by atoms with van der Waals surface area (Å²) in [4.78, 5) is 64.8. The minimum Gasteiger partial charge on any atom is -0.491 e. The molecule has 8 rings (SSSR count). The van der Waals surface area contributed by atoms with Gasteiger partial charge >= 0.3 is 12.0 Å². The lowest BCUT2D eigenvalue weighted by atomic mass is 9.65. The van der Waals surface area contributed by atoms with Crippen molar-refractivity contribution >= 4 is 29.5 Å². The Kier molecular flexibility index (Phi) is 12.5. The number of benzene rings is 5. The Labute approximate surface area is 366 Å². The van der Waals surface area contributed by atoms with Crippen LogP contribution in [0, 0.1) is 17.8 Å². The number of urea groups is 1. The van der Waals surface area contributed by atoms with E-state index < -0.39 is 65.4 Å². The number of nitrogens with one attached hydrogen (secondary N) is 2.